The Kier molecular flexibility index (Phi) is 3.96. The fourth-order valence-corrected chi connectivity index (χ4v) is 2.59. The number of ketones is 1. The molecule has 1 aliphatic rings. The first-order valence-electron chi connectivity index (χ1n) is 7.78. The number of hydrogen-bond donors (Lipinski definition) is 1. The van der Waals surface area contributed by atoms with Gasteiger partial charge in [-0.2, -0.15) is 5.10 Å². The van der Waals surface area contributed by atoms with E-state index in [-0.39, 0.29) is 12.4 Å². The topological polar surface area (TPSA) is 65.5 Å². The third-order valence-corrected chi connectivity index (χ3v) is 3.94. The Morgan fingerprint density at radius 1 is 1.04 bits per heavy atom. The molecule has 1 aromatic heterocycles. The average Bonchev–Trinajstić information content (AvgIpc) is 3.30. The molecular formula is C19H13F2N2O3+. The zero-order valence-electron chi connectivity index (χ0n) is 13.4. The molecule has 0 fully saturated rings. The highest BCUT2D eigenvalue weighted by Crippen LogP contribution is 2.35. The average molecular weight is 355 g/mol. The second-order valence-electron chi connectivity index (χ2n) is 5.66. The van der Waals surface area contributed by atoms with E-state index in [9.17, 15) is 13.6 Å². The third kappa shape index (κ3) is 3.06. The van der Waals surface area contributed by atoms with Crippen LogP contribution in [-0.4, -0.2) is 17.7 Å². The van der Waals surface area contributed by atoms with Crippen molar-refractivity contribution in [1.82, 2.24) is 5.10 Å². The molecule has 3 aromatic rings. The number of fused-ring (bicyclic) bond motifs is 1. The number of carbonyl (C=O) groups is 1. The van der Waals surface area contributed by atoms with E-state index in [0.29, 0.717) is 17.2 Å². The van der Waals surface area contributed by atoms with Crippen LogP contribution in [0.4, 0.5) is 8.78 Å². The van der Waals surface area contributed by atoms with Gasteiger partial charge in [-0.15, -0.1) is 5.10 Å². The van der Waals surface area contributed by atoms with Gasteiger partial charge in [0.25, 0.3) is 0 Å². The minimum absolute atomic E-state index is 0.0756. The van der Waals surface area contributed by atoms with Crippen molar-refractivity contribution in [3.05, 3.63) is 71.4 Å². The summed E-state index contributed by atoms with van der Waals surface area (Å²) >= 11 is 0. The van der Waals surface area contributed by atoms with E-state index < -0.39 is 17.4 Å². The molecule has 130 valence electrons. The maximum absolute atomic E-state index is 13.2. The summed E-state index contributed by atoms with van der Waals surface area (Å²) in [5.41, 5.74) is 2.40. The van der Waals surface area contributed by atoms with Gasteiger partial charge in [-0.05, 0) is 48.6 Å². The van der Waals surface area contributed by atoms with Crippen molar-refractivity contribution in [3.63, 3.8) is 0 Å². The molecule has 0 atom stereocenters. The summed E-state index contributed by atoms with van der Waals surface area (Å²) in [6, 6.07) is 10.4. The van der Waals surface area contributed by atoms with Crippen LogP contribution >= 0.6 is 0 Å². The highest BCUT2D eigenvalue weighted by molar-refractivity contribution is 6.06. The number of hydrogen-bond acceptors (Lipinski definition) is 3. The van der Waals surface area contributed by atoms with Crippen LogP contribution in [0.2, 0.25) is 0 Å². The molecular weight excluding hydrogens is 342 g/mol. The van der Waals surface area contributed by atoms with E-state index in [1.165, 1.54) is 12.1 Å². The Labute approximate surface area is 146 Å². The predicted octanol–water partition coefficient (Wildman–Crippen LogP) is 3.40. The maximum Gasteiger partial charge on any atom is 0.236 e. The van der Waals surface area contributed by atoms with Crippen LogP contribution in [0.5, 0.6) is 11.5 Å². The number of halogens is 2. The van der Waals surface area contributed by atoms with Crippen LogP contribution in [0.25, 0.3) is 17.3 Å². The molecule has 0 saturated carbocycles. The van der Waals surface area contributed by atoms with Gasteiger partial charge in [0.1, 0.15) is 5.69 Å². The number of ether oxygens (including phenoxy) is 2. The number of H-pyrrole nitrogens is 2. The highest BCUT2D eigenvalue weighted by Gasteiger charge is 2.17. The number of allylic oxidation sites excluding steroid dienone is 1. The molecule has 0 amide bonds. The fraction of sp³-hybridized carbons (Fsp3) is 0.0526. The summed E-state index contributed by atoms with van der Waals surface area (Å²) in [5, 5.41) is 5.93. The van der Waals surface area contributed by atoms with Crippen molar-refractivity contribution in [2.45, 2.75) is 0 Å². The minimum atomic E-state index is -1.05. The Hall–Kier alpha value is -3.48. The van der Waals surface area contributed by atoms with Crippen molar-refractivity contribution in [2.75, 3.05) is 6.79 Å². The van der Waals surface area contributed by atoms with E-state index in [4.69, 9.17) is 9.47 Å². The van der Waals surface area contributed by atoms with Gasteiger partial charge in [0.15, 0.2) is 28.9 Å². The minimum Gasteiger partial charge on any atom is -0.454 e. The lowest BCUT2D eigenvalue weighted by Gasteiger charge is -1.96. The number of aromatic nitrogens is 2. The Morgan fingerprint density at radius 2 is 1.88 bits per heavy atom. The standard InChI is InChI=1S/C19H12F2N2O3/c20-14-4-1-12(7-15(14)21)17(24)5-3-13-9-16(23-22-13)11-2-6-18-19(8-11)26-10-25-18/h1-9H,10H2,(H,22,23)/p+1/b5-3+. The molecule has 0 radical (unpaired) electrons. The lowest BCUT2D eigenvalue weighted by molar-refractivity contribution is -0.437. The molecule has 2 heterocycles. The first-order valence-corrected chi connectivity index (χ1v) is 7.78. The maximum atomic E-state index is 13.2. The number of nitrogens with one attached hydrogen (secondary N) is 2. The molecule has 0 bridgehead atoms. The van der Waals surface area contributed by atoms with Crippen LogP contribution in [0.3, 0.4) is 0 Å². The van der Waals surface area contributed by atoms with Gasteiger partial charge in [-0.3, -0.25) is 4.79 Å². The molecule has 0 saturated heterocycles. The summed E-state index contributed by atoms with van der Waals surface area (Å²) < 4.78 is 36.8. The van der Waals surface area contributed by atoms with Gasteiger partial charge in [0.05, 0.1) is 5.56 Å². The van der Waals surface area contributed by atoms with Crippen LogP contribution in [0.15, 0.2) is 48.5 Å². The number of benzene rings is 2. The van der Waals surface area contributed by atoms with Crippen molar-refractivity contribution < 1.29 is 28.1 Å². The van der Waals surface area contributed by atoms with Gasteiger partial charge in [-0.25, -0.2) is 8.78 Å². The second kappa shape index (κ2) is 6.44. The van der Waals surface area contributed by atoms with E-state index in [2.05, 4.69) is 10.2 Å². The summed E-state index contributed by atoms with van der Waals surface area (Å²) in [6.45, 7) is 0.204. The molecule has 0 aliphatic carbocycles. The number of rotatable bonds is 4. The third-order valence-electron chi connectivity index (χ3n) is 3.94. The van der Waals surface area contributed by atoms with Gasteiger partial charge >= 0.3 is 0 Å². The Balaban J connectivity index is 1.52. The van der Waals surface area contributed by atoms with Gasteiger partial charge in [0.2, 0.25) is 12.5 Å². The van der Waals surface area contributed by atoms with E-state index in [1.54, 1.807) is 6.08 Å². The predicted molar refractivity (Wildman–Crippen MR) is 88.6 cm³/mol. The first-order chi connectivity index (χ1) is 12.6. The molecule has 0 unspecified atom stereocenters. The van der Waals surface area contributed by atoms with Crippen molar-refractivity contribution in [2.24, 2.45) is 0 Å². The van der Waals surface area contributed by atoms with Gasteiger partial charge < -0.3 is 9.47 Å². The van der Waals surface area contributed by atoms with E-state index in [0.717, 1.165) is 23.4 Å². The van der Waals surface area contributed by atoms with E-state index >= 15 is 0 Å². The van der Waals surface area contributed by atoms with Crippen LogP contribution < -0.4 is 14.6 Å². The van der Waals surface area contributed by atoms with Gasteiger partial charge in [-0.1, -0.05) is 0 Å². The molecule has 7 heteroatoms. The van der Waals surface area contributed by atoms with Crippen molar-refractivity contribution in [1.29, 1.82) is 0 Å². The van der Waals surface area contributed by atoms with Crippen LogP contribution in [0.1, 0.15) is 16.1 Å². The molecule has 0 spiro atoms. The summed E-state index contributed by atoms with van der Waals surface area (Å²) in [6.07, 6.45) is 2.84. The van der Waals surface area contributed by atoms with Crippen LogP contribution in [-0.2, 0) is 0 Å². The first kappa shape index (κ1) is 16.0. The van der Waals surface area contributed by atoms with Gasteiger partial charge in [0, 0.05) is 11.6 Å². The Morgan fingerprint density at radius 3 is 2.73 bits per heavy atom. The van der Waals surface area contributed by atoms with Crippen molar-refractivity contribution in [3.8, 4) is 22.8 Å². The van der Waals surface area contributed by atoms with Crippen LogP contribution in [0, 0.1) is 11.6 Å². The fourth-order valence-electron chi connectivity index (χ4n) is 2.59. The number of aromatic amines is 2. The zero-order valence-corrected chi connectivity index (χ0v) is 13.4. The Bertz CT molecular complexity index is 1030. The lowest BCUT2D eigenvalue weighted by Crippen LogP contribution is -2.04. The zero-order chi connectivity index (χ0) is 18.1. The molecule has 2 N–H and O–H groups in total. The largest absolute Gasteiger partial charge is 0.454 e. The summed E-state index contributed by atoms with van der Waals surface area (Å²) in [5.74, 6) is -1.10. The molecule has 4 rings (SSSR count). The second-order valence-corrected chi connectivity index (χ2v) is 5.66. The monoisotopic (exact) mass is 355 g/mol. The molecule has 5 nitrogen and oxygen atoms in total. The normalized spacial score (nSPS) is 12.7. The van der Waals surface area contributed by atoms with Crippen molar-refractivity contribution >= 4 is 11.9 Å². The SMILES string of the molecule is O=C(/C=C/c1cc(-c2ccc3c(c2)OCO3)[nH+][nH]1)c1ccc(F)c(F)c1. The highest BCUT2D eigenvalue weighted by atomic mass is 19.2. The quantitative estimate of drug-likeness (QED) is 0.576. The molecule has 1 aliphatic heterocycles. The molecule has 2 aromatic carbocycles. The van der Waals surface area contributed by atoms with E-state index in [1.807, 2.05) is 24.3 Å². The summed E-state index contributed by atoms with van der Waals surface area (Å²) in [7, 11) is 0. The lowest BCUT2D eigenvalue weighted by atomic mass is 10.1. The smallest absolute Gasteiger partial charge is 0.236 e. The summed E-state index contributed by atoms with van der Waals surface area (Å²) in [4.78, 5) is 12.1. The number of carbonyl (C=O) groups excluding carboxylic acids is 1. The molecule has 26 heavy (non-hydrogen) atoms.